The Morgan fingerprint density at radius 2 is 1.95 bits per heavy atom. The first-order valence-corrected chi connectivity index (χ1v) is 7.66. The van der Waals surface area contributed by atoms with Crippen molar-refractivity contribution in [3.63, 3.8) is 0 Å². The van der Waals surface area contributed by atoms with Crippen LogP contribution in [0.4, 0.5) is 0 Å². The molecule has 3 unspecified atom stereocenters. The van der Waals surface area contributed by atoms with Gasteiger partial charge in [0.1, 0.15) is 0 Å². The molecule has 0 spiro atoms. The molecule has 0 bridgehead atoms. The van der Waals surface area contributed by atoms with E-state index in [2.05, 4.69) is 47.5 Å². The van der Waals surface area contributed by atoms with E-state index < -0.39 is 0 Å². The van der Waals surface area contributed by atoms with Gasteiger partial charge in [0.25, 0.3) is 0 Å². The van der Waals surface area contributed by atoms with Crippen LogP contribution in [0.5, 0.6) is 0 Å². The standard InChI is InChI=1S/C17H23N3/c1-12-4-3-5-13(10-12)17(18-2)14-6-7-15-16(11-14)20-9-8-19-15/h6-9,11-13,17-18H,3-5,10H2,1-2H3. The molecule has 0 aliphatic heterocycles. The Morgan fingerprint density at radius 3 is 2.70 bits per heavy atom. The topological polar surface area (TPSA) is 37.8 Å². The van der Waals surface area contributed by atoms with Gasteiger partial charge in [-0.25, -0.2) is 0 Å². The fourth-order valence-corrected chi connectivity index (χ4v) is 3.63. The quantitative estimate of drug-likeness (QED) is 0.923. The van der Waals surface area contributed by atoms with Gasteiger partial charge in [-0.15, -0.1) is 0 Å². The Balaban J connectivity index is 1.90. The molecule has 1 saturated carbocycles. The van der Waals surface area contributed by atoms with Crippen LogP contribution in [0.3, 0.4) is 0 Å². The number of nitrogens with one attached hydrogen (secondary N) is 1. The zero-order valence-electron chi connectivity index (χ0n) is 12.3. The second-order valence-electron chi connectivity index (χ2n) is 6.10. The molecular formula is C17H23N3. The van der Waals surface area contributed by atoms with E-state index in [1.165, 1.54) is 31.2 Å². The second-order valence-corrected chi connectivity index (χ2v) is 6.10. The molecule has 20 heavy (non-hydrogen) atoms. The van der Waals surface area contributed by atoms with E-state index in [0.29, 0.717) is 6.04 Å². The van der Waals surface area contributed by atoms with E-state index in [9.17, 15) is 0 Å². The molecule has 0 saturated heterocycles. The third-order valence-electron chi connectivity index (χ3n) is 4.61. The molecule has 3 rings (SSSR count). The van der Waals surface area contributed by atoms with Crippen molar-refractivity contribution in [2.75, 3.05) is 7.05 Å². The van der Waals surface area contributed by atoms with Crippen molar-refractivity contribution in [2.45, 2.75) is 38.6 Å². The maximum Gasteiger partial charge on any atom is 0.0890 e. The van der Waals surface area contributed by atoms with Gasteiger partial charge in [0.15, 0.2) is 0 Å². The van der Waals surface area contributed by atoms with Gasteiger partial charge < -0.3 is 5.32 Å². The highest BCUT2D eigenvalue weighted by atomic mass is 14.9. The van der Waals surface area contributed by atoms with Gasteiger partial charge in [-0.2, -0.15) is 0 Å². The Kier molecular flexibility index (Phi) is 3.97. The van der Waals surface area contributed by atoms with Crippen molar-refractivity contribution in [2.24, 2.45) is 11.8 Å². The molecule has 3 heteroatoms. The van der Waals surface area contributed by atoms with Crippen molar-refractivity contribution in [3.05, 3.63) is 36.2 Å². The van der Waals surface area contributed by atoms with E-state index in [1.807, 2.05) is 0 Å². The van der Waals surface area contributed by atoms with Crippen LogP contribution >= 0.6 is 0 Å². The second kappa shape index (κ2) is 5.88. The number of nitrogens with zero attached hydrogens (tertiary/aromatic N) is 2. The van der Waals surface area contributed by atoms with Crippen LogP contribution in [0.25, 0.3) is 11.0 Å². The number of fused-ring (bicyclic) bond motifs is 1. The molecule has 1 fully saturated rings. The van der Waals surface area contributed by atoms with Crippen LogP contribution in [0, 0.1) is 11.8 Å². The number of hydrogen-bond donors (Lipinski definition) is 1. The van der Waals surface area contributed by atoms with Crippen LogP contribution in [0.15, 0.2) is 30.6 Å². The van der Waals surface area contributed by atoms with Crippen molar-refractivity contribution >= 4 is 11.0 Å². The van der Waals surface area contributed by atoms with Crippen LogP contribution in [-0.2, 0) is 0 Å². The number of rotatable bonds is 3. The summed E-state index contributed by atoms with van der Waals surface area (Å²) in [6.07, 6.45) is 8.91. The van der Waals surface area contributed by atoms with Crippen molar-refractivity contribution in [3.8, 4) is 0 Å². The van der Waals surface area contributed by atoms with Gasteiger partial charge in [-0.3, -0.25) is 9.97 Å². The summed E-state index contributed by atoms with van der Waals surface area (Å²) in [5.74, 6) is 1.59. The summed E-state index contributed by atoms with van der Waals surface area (Å²) >= 11 is 0. The lowest BCUT2D eigenvalue weighted by Gasteiger charge is -2.33. The minimum Gasteiger partial charge on any atom is -0.313 e. The van der Waals surface area contributed by atoms with Crippen LogP contribution in [0.2, 0.25) is 0 Å². The summed E-state index contributed by atoms with van der Waals surface area (Å²) in [6.45, 7) is 2.38. The summed E-state index contributed by atoms with van der Waals surface area (Å²) in [7, 11) is 2.07. The molecule has 1 aliphatic rings. The van der Waals surface area contributed by atoms with Gasteiger partial charge >= 0.3 is 0 Å². The highest BCUT2D eigenvalue weighted by Crippen LogP contribution is 2.37. The van der Waals surface area contributed by atoms with E-state index in [1.54, 1.807) is 12.4 Å². The highest BCUT2D eigenvalue weighted by Gasteiger charge is 2.26. The van der Waals surface area contributed by atoms with Crippen LogP contribution in [-0.4, -0.2) is 17.0 Å². The molecule has 0 amide bonds. The fraction of sp³-hybridized carbons (Fsp3) is 0.529. The minimum atomic E-state index is 0.434. The molecular weight excluding hydrogens is 246 g/mol. The summed E-state index contributed by atoms with van der Waals surface area (Å²) < 4.78 is 0. The van der Waals surface area contributed by atoms with Crippen molar-refractivity contribution in [1.82, 2.24) is 15.3 Å². The summed E-state index contributed by atoms with van der Waals surface area (Å²) in [5, 5.41) is 3.53. The number of benzene rings is 1. The fourth-order valence-electron chi connectivity index (χ4n) is 3.63. The smallest absolute Gasteiger partial charge is 0.0890 e. The molecule has 106 valence electrons. The monoisotopic (exact) mass is 269 g/mol. The van der Waals surface area contributed by atoms with Gasteiger partial charge in [0.05, 0.1) is 11.0 Å². The minimum absolute atomic E-state index is 0.434. The van der Waals surface area contributed by atoms with Crippen molar-refractivity contribution < 1.29 is 0 Å². The first-order valence-electron chi connectivity index (χ1n) is 7.66. The predicted octanol–water partition coefficient (Wildman–Crippen LogP) is 3.72. The van der Waals surface area contributed by atoms with Crippen LogP contribution in [0.1, 0.15) is 44.2 Å². The first-order chi connectivity index (χ1) is 9.78. The molecule has 3 nitrogen and oxygen atoms in total. The normalized spacial score (nSPS) is 24.7. The Morgan fingerprint density at radius 1 is 1.15 bits per heavy atom. The largest absolute Gasteiger partial charge is 0.313 e. The number of aromatic nitrogens is 2. The predicted molar refractivity (Wildman–Crippen MR) is 82.5 cm³/mol. The summed E-state index contributed by atoms with van der Waals surface area (Å²) in [6, 6.07) is 6.93. The molecule has 3 atom stereocenters. The van der Waals surface area contributed by atoms with Gasteiger partial charge in [0, 0.05) is 18.4 Å². The lowest BCUT2D eigenvalue weighted by Crippen LogP contribution is -2.29. The van der Waals surface area contributed by atoms with Crippen LogP contribution < -0.4 is 5.32 Å². The molecule has 1 aromatic heterocycles. The Hall–Kier alpha value is -1.48. The van der Waals surface area contributed by atoms with E-state index in [0.717, 1.165) is 22.9 Å². The lowest BCUT2D eigenvalue weighted by atomic mass is 9.76. The van der Waals surface area contributed by atoms with E-state index in [4.69, 9.17) is 0 Å². The van der Waals surface area contributed by atoms with Crippen molar-refractivity contribution in [1.29, 1.82) is 0 Å². The summed E-state index contributed by atoms with van der Waals surface area (Å²) in [5.41, 5.74) is 3.32. The zero-order chi connectivity index (χ0) is 13.9. The maximum absolute atomic E-state index is 4.43. The molecule has 1 heterocycles. The first kappa shape index (κ1) is 13.5. The van der Waals surface area contributed by atoms with Gasteiger partial charge in [-0.1, -0.05) is 25.8 Å². The third-order valence-corrected chi connectivity index (χ3v) is 4.61. The van der Waals surface area contributed by atoms with Gasteiger partial charge in [0.2, 0.25) is 0 Å². The maximum atomic E-state index is 4.43. The average molecular weight is 269 g/mol. The molecule has 1 aliphatic carbocycles. The average Bonchev–Trinajstić information content (AvgIpc) is 2.48. The molecule has 2 aromatic rings. The highest BCUT2D eigenvalue weighted by molar-refractivity contribution is 5.74. The van der Waals surface area contributed by atoms with E-state index >= 15 is 0 Å². The molecule has 1 N–H and O–H groups in total. The van der Waals surface area contributed by atoms with E-state index in [-0.39, 0.29) is 0 Å². The lowest BCUT2D eigenvalue weighted by molar-refractivity contribution is 0.230. The third kappa shape index (κ3) is 2.68. The number of hydrogen-bond acceptors (Lipinski definition) is 3. The SMILES string of the molecule is CNC(c1ccc2nccnc2c1)C1CCCC(C)C1. The Labute approximate surface area is 120 Å². The zero-order valence-corrected chi connectivity index (χ0v) is 12.3. The summed E-state index contributed by atoms with van der Waals surface area (Å²) in [4.78, 5) is 8.78. The van der Waals surface area contributed by atoms with Gasteiger partial charge in [-0.05, 0) is 49.4 Å². The molecule has 0 radical (unpaired) electrons. The molecule has 1 aromatic carbocycles. The Bertz CT molecular complexity index is 581.